The first kappa shape index (κ1) is 17.8. The smallest absolute Gasteiger partial charge is 0.329 e. The van der Waals surface area contributed by atoms with Crippen molar-refractivity contribution < 1.29 is 19.1 Å². The van der Waals surface area contributed by atoms with Gasteiger partial charge in [0.15, 0.2) is 0 Å². The van der Waals surface area contributed by atoms with Crippen LogP contribution in [0.3, 0.4) is 0 Å². The van der Waals surface area contributed by atoms with Gasteiger partial charge in [-0.1, -0.05) is 32.0 Å². The van der Waals surface area contributed by atoms with Gasteiger partial charge in [-0.25, -0.2) is 4.79 Å². The number of esters is 1. The molecular weight excluding hydrogens is 306 g/mol. The largest absolute Gasteiger partial charge is 0.497 e. The quantitative estimate of drug-likeness (QED) is 0.827. The van der Waals surface area contributed by atoms with Crippen molar-refractivity contribution in [1.82, 2.24) is 5.32 Å². The minimum atomic E-state index is -0.632. The Morgan fingerprint density at radius 2 is 1.75 bits per heavy atom. The van der Waals surface area contributed by atoms with E-state index in [0.717, 1.165) is 22.1 Å². The summed E-state index contributed by atoms with van der Waals surface area (Å²) in [5.74, 6) is 0.0996. The highest BCUT2D eigenvalue weighted by Gasteiger charge is 2.24. The maximum atomic E-state index is 12.2. The second kappa shape index (κ2) is 7.81. The van der Waals surface area contributed by atoms with Crippen LogP contribution < -0.4 is 10.1 Å². The van der Waals surface area contributed by atoms with Crippen molar-refractivity contribution in [2.45, 2.75) is 33.4 Å². The molecule has 5 heteroatoms. The van der Waals surface area contributed by atoms with E-state index >= 15 is 0 Å². The molecule has 0 bridgehead atoms. The molecule has 0 saturated carbocycles. The molecule has 0 saturated heterocycles. The topological polar surface area (TPSA) is 64.6 Å². The van der Waals surface area contributed by atoms with Crippen molar-refractivity contribution in [3.63, 3.8) is 0 Å². The van der Waals surface area contributed by atoms with Crippen LogP contribution in [0, 0.1) is 5.92 Å². The molecule has 5 nitrogen and oxygen atoms in total. The molecule has 1 unspecified atom stereocenters. The minimum Gasteiger partial charge on any atom is -0.497 e. The Bertz CT molecular complexity index is 739. The standard InChI is InChI=1S/C19H23NO4/c1-12(2)18(20-13(3)21)19(22)24-11-14-5-6-16-10-17(23-4)8-7-15(16)9-14/h5-10,12,18H,11H2,1-4H3,(H,20,21). The summed E-state index contributed by atoms with van der Waals surface area (Å²) in [6, 6.07) is 11.0. The normalized spacial score (nSPS) is 12.0. The number of hydrogen-bond donors (Lipinski definition) is 1. The molecule has 1 N–H and O–H groups in total. The molecule has 24 heavy (non-hydrogen) atoms. The zero-order chi connectivity index (χ0) is 17.7. The zero-order valence-electron chi connectivity index (χ0n) is 14.5. The average Bonchev–Trinajstić information content (AvgIpc) is 2.56. The van der Waals surface area contributed by atoms with Gasteiger partial charge in [0, 0.05) is 6.92 Å². The molecule has 1 atom stereocenters. The van der Waals surface area contributed by atoms with Gasteiger partial charge in [-0.15, -0.1) is 0 Å². The van der Waals surface area contributed by atoms with E-state index in [1.54, 1.807) is 7.11 Å². The van der Waals surface area contributed by atoms with Crippen molar-refractivity contribution >= 4 is 22.6 Å². The second-order valence-electron chi connectivity index (χ2n) is 6.08. The van der Waals surface area contributed by atoms with E-state index in [2.05, 4.69) is 5.32 Å². The fraction of sp³-hybridized carbons (Fsp3) is 0.368. The molecular formula is C19H23NO4. The molecule has 0 fully saturated rings. The Morgan fingerprint density at radius 3 is 2.38 bits per heavy atom. The van der Waals surface area contributed by atoms with Crippen LogP contribution in [0.25, 0.3) is 10.8 Å². The van der Waals surface area contributed by atoms with Crippen LogP contribution in [-0.2, 0) is 20.9 Å². The summed E-state index contributed by atoms with van der Waals surface area (Å²) in [6.07, 6.45) is 0. The van der Waals surface area contributed by atoms with Gasteiger partial charge in [0.2, 0.25) is 5.91 Å². The molecule has 2 aromatic carbocycles. The number of methoxy groups -OCH3 is 1. The van der Waals surface area contributed by atoms with Crippen LogP contribution in [-0.4, -0.2) is 25.0 Å². The molecule has 0 aliphatic carbocycles. The Kier molecular flexibility index (Phi) is 5.79. The second-order valence-corrected chi connectivity index (χ2v) is 6.08. The number of nitrogens with one attached hydrogen (secondary N) is 1. The third-order valence-corrected chi connectivity index (χ3v) is 3.77. The van der Waals surface area contributed by atoms with E-state index in [0.29, 0.717) is 0 Å². The van der Waals surface area contributed by atoms with Gasteiger partial charge in [0.1, 0.15) is 18.4 Å². The molecule has 0 spiro atoms. The van der Waals surface area contributed by atoms with Crippen LogP contribution in [0.5, 0.6) is 5.75 Å². The maximum absolute atomic E-state index is 12.2. The van der Waals surface area contributed by atoms with E-state index < -0.39 is 12.0 Å². The van der Waals surface area contributed by atoms with Crippen molar-refractivity contribution in [2.75, 3.05) is 7.11 Å². The lowest BCUT2D eigenvalue weighted by atomic mass is 10.0. The highest BCUT2D eigenvalue weighted by molar-refractivity contribution is 5.85. The SMILES string of the molecule is COc1ccc2cc(COC(=O)C(NC(C)=O)C(C)C)ccc2c1. The fourth-order valence-electron chi connectivity index (χ4n) is 2.45. The van der Waals surface area contributed by atoms with Gasteiger partial charge >= 0.3 is 5.97 Å². The van der Waals surface area contributed by atoms with E-state index in [4.69, 9.17) is 9.47 Å². The van der Waals surface area contributed by atoms with Gasteiger partial charge in [0.25, 0.3) is 0 Å². The van der Waals surface area contributed by atoms with Gasteiger partial charge in [0.05, 0.1) is 7.11 Å². The maximum Gasteiger partial charge on any atom is 0.329 e. The number of hydrogen-bond acceptors (Lipinski definition) is 4. The summed E-state index contributed by atoms with van der Waals surface area (Å²) in [5, 5.41) is 4.74. The monoisotopic (exact) mass is 329 g/mol. The van der Waals surface area contributed by atoms with Crippen molar-refractivity contribution in [1.29, 1.82) is 0 Å². The lowest BCUT2D eigenvalue weighted by molar-refractivity contribution is -0.150. The number of amides is 1. The van der Waals surface area contributed by atoms with Crippen molar-refractivity contribution in [2.24, 2.45) is 5.92 Å². The summed E-state index contributed by atoms with van der Waals surface area (Å²) >= 11 is 0. The number of carbonyl (C=O) groups is 2. The average molecular weight is 329 g/mol. The van der Waals surface area contributed by atoms with Crippen molar-refractivity contribution in [3.05, 3.63) is 42.0 Å². The Morgan fingerprint density at radius 1 is 1.08 bits per heavy atom. The minimum absolute atomic E-state index is 0.0366. The third-order valence-electron chi connectivity index (χ3n) is 3.77. The lowest BCUT2D eigenvalue weighted by Gasteiger charge is -2.20. The molecule has 2 rings (SSSR count). The van der Waals surface area contributed by atoms with Gasteiger partial charge in [-0.05, 0) is 40.5 Å². The summed E-state index contributed by atoms with van der Waals surface area (Å²) < 4.78 is 10.6. The van der Waals surface area contributed by atoms with Crippen molar-refractivity contribution in [3.8, 4) is 5.75 Å². The summed E-state index contributed by atoms with van der Waals surface area (Å²) in [5.41, 5.74) is 0.895. The van der Waals surface area contributed by atoms with Crippen LogP contribution in [0.4, 0.5) is 0 Å². The fourth-order valence-corrected chi connectivity index (χ4v) is 2.45. The molecule has 0 aliphatic heterocycles. The van der Waals surface area contributed by atoms with E-state index in [1.807, 2.05) is 50.2 Å². The van der Waals surface area contributed by atoms with E-state index in [1.165, 1.54) is 6.92 Å². The highest BCUT2D eigenvalue weighted by Crippen LogP contribution is 2.22. The molecule has 1 amide bonds. The summed E-state index contributed by atoms with van der Waals surface area (Å²) in [7, 11) is 1.63. The molecule has 0 aromatic heterocycles. The predicted molar refractivity (Wildman–Crippen MR) is 92.7 cm³/mol. The third kappa shape index (κ3) is 4.47. The number of ether oxygens (including phenoxy) is 2. The highest BCUT2D eigenvalue weighted by atomic mass is 16.5. The summed E-state index contributed by atoms with van der Waals surface area (Å²) in [6.45, 7) is 5.29. The molecule has 2 aromatic rings. The first-order valence-electron chi connectivity index (χ1n) is 7.91. The Labute approximate surface area is 141 Å². The zero-order valence-corrected chi connectivity index (χ0v) is 14.5. The Hall–Kier alpha value is -2.56. The van der Waals surface area contributed by atoms with Crippen LogP contribution >= 0.6 is 0 Å². The Balaban J connectivity index is 2.06. The van der Waals surface area contributed by atoms with Crippen LogP contribution in [0.1, 0.15) is 26.3 Å². The predicted octanol–water partition coefficient (Wildman–Crippen LogP) is 3.05. The first-order valence-corrected chi connectivity index (χ1v) is 7.91. The van der Waals surface area contributed by atoms with Gasteiger partial charge in [-0.3, -0.25) is 4.79 Å². The number of rotatable bonds is 6. The molecule has 128 valence electrons. The number of carbonyl (C=O) groups excluding carboxylic acids is 2. The first-order chi connectivity index (χ1) is 11.4. The molecule has 0 heterocycles. The lowest BCUT2D eigenvalue weighted by Crippen LogP contribution is -2.44. The number of fused-ring (bicyclic) bond motifs is 1. The van der Waals surface area contributed by atoms with Crippen LogP contribution in [0.2, 0.25) is 0 Å². The summed E-state index contributed by atoms with van der Waals surface area (Å²) in [4.78, 5) is 23.4. The molecule has 0 radical (unpaired) electrons. The van der Waals surface area contributed by atoms with E-state index in [-0.39, 0.29) is 18.4 Å². The van der Waals surface area contributed by atoms with Gasteiger partial charge < -0.3 is 14.8 Å². The molecule has 0 aliphatic rings. The van der Waals surface area contributed by atoms with E-state index in [9.17, 15) is 9.59 Å². The van der Waals surface area contributed by atoms with Gasteiger partial charge in [-0.2, -0.15) is 0 Å². The van der Waals surface area contributed by atoms with Crippen LogP contribution in [0.15, 0.2) is 36.4 Å². The number of benzene rings is 2.